The number of aromatic nitrogens is 1. The lowest BCUT2D eigenvalue weighted by Gasteiger charge is -2.52. The van der Waals surface area contributed by atoms with E-state index in [2.05, 4.69) is 163 Å². The Balaban J connectivity index is 1.33. The van der Waals surface area contributed by atoms with Crippen molar-refractivity contribution in [3.63, 3.8) is 0 Å². The van der Waals surface area contributed by atoms with Crippen molar-refractivity contribution in [3.05, 3.63) is 138 Å². The molecule has 1 aromatic heterocycles. The van der Waals surface area contributed by atoms with Crippen LogP contribution in [0.25, 0.3) is 27.5 Å². The van der Waals surface area contributed by atoms with Crippen LogP contribution in [0, 0.1) is 13.8 Å². The predicted molar refractivity (Wildman–Crippen MR) is 212 cm³/mol. The van der Waals surface area contributed by atoms with Crippen LogP contribution in [0.3, 0.4) is 0 Å². The second-order valence-corrected chi connectivity index (χ2v) is 15.8. The molecule has 4 heteroatoms. The van der Waals surface area contributed by atoms with Gasteiger partial charge in [-0.3, -0.25) is 0 Å². The highest BCUT2D eigenvalue weighted by atomic mass is 15.3. The van der Waals surface area contributed by atoms with E-state index in [1.165, 1.54) is 109 Å². The molecule has 0 amide bonds. The number of hydrogen-bond donors (Lipinski definition) is 0. The fraction of sp³-hybridized carbons (Fsp3) is 0.217. The van der Waals surface area contributed by atoms with Crippen LogP contribution in [0.15, 0.2) is 121 Å². The first-order chi connectivity index (χ1) is 24.4. The SMILES string of the molecule is Cc1ccc2c(c1)c1cc(C)cc3c1n2-c1cc(N(c2ccccc2)c2ccccc2)cc2c1B3c1cccc3c1N2C1(C)CCCCC31C. The highest BCUT2D eigenvalue weighted by Crippen LogP contribution is 2.61. The smallest absolute Gasteiger partial charge is 0.252 e. The van der Waals surface area contributed by atoms with Gasteiger partial charge in [0.05, 0.1) is 16.7 Å². The average molecular weight is 646 g/mol. The van der Waals surface area contributed by atoms with Gasteiger partial charge < -0.3 is 14.4 Å². The highest BCUT2D eigenvalue weighted by Gasteiger charge is 2.61. The summed E-state index contributed by atoms with van der Waals surface area (Å²) in [4.78, 5) is 5.31. The third-order valence-corrected chi connectivity index (χ3v) is 13.1. The van der Waals surface area contributed by atoms with Crippen molar-refractivity contribution in [1.82, 2.24) is 4.57 Å². The van der Waals surface area contributed by atoms with Crippen LogP contribution < -0.4 is 26.2 Å². The van der Waals surface area contributed by atoms with Gasteiger partial charge in [0.25, 0.3) is 6.71 Å². The first-order valence-electron chi connectivity index (χ1n) is 18.4. The third kappa shape index (κ3) is 3.42. The molecule has 4 aliphatic rings. The van der Waals surface area contributed by atoms with E-state index in [4.69, 9.17) is 0 Å². The molecule has 11 rings (SSSR count). The van der Waals surface area contributed by atoms with E-state index in [1.807, 2.05) is 0 Å². The van der Waals surface area contributed by atoms with E-state index in [0.29, 0.717) is 0 Å². The van der Waals surface area contributed by atoms with E-state index >= 15 is 0 Å². The third-order valence-electron chi connectivity index (χ3n) is 13.1. The van der Waals surface area contributed by atoms with Crippen LogP contribution in [0.4, 0.5) is 28.4 Å². The molecular formula is C46H40BN3. The number of fused-ring (bicyclic) bond motifs is 10. The van der Waals surface area contributed by atoms with Crippen molar-refractivity contribution >= 4 is 73.3 Å². The Bertz CT molecular complexity index is 2530. The summed E-state index contributed by atoms with van der Waals surface area (Å²) in [5.41, 5.74) is 18.9. The zero-order chi connectivity index (χ0) is 33.5. The molecule has 3 aliphatic heterocycles. The lowest BCUT2D eigenvalue weighted by molar-refractivity contribution is 0.195. The number of rotatable bonds is 3. The van der Waals surface area contributed by atoms with Crippen LogP contribution in [0.5, 0.6) is 0 Å². The molecule has 2 unspecified atom stereocenters. The fourth-order valence-corrected chi connectivity index (χ4v) is 10.8. The summed E-state index contributed by atoms with van der Waals surface area (Å²) in [6.07, 6.45) is 4.97. The minimum Gasteiger partial charge on any atom is -0.335 e. The molecular weight excluding hydrogens is 605 g/mol. The lowest BCUT2D eigenvalue weighted by Crippen LogP contribution is -2.64. The van der Waals surface area contributed by atoms with Crippen molar-refractivity contribution in [1.29, 1.82) is 0 Å². The topological polar surface area (TPSA) is 11.4 Å². The number of hydrogen-bond acceptors (Lipinski definition) is 2. The number of para-hydroxylation sites is 3. The summed E-state index contributed by atoms with van der Waals surface area (Å²) in [6.45, 7) is 9.82. The van der Waals surface area contributed by atoms with Gasteiger partial charge in [-0.2, -0.15) is 0 Å². The summed E-state index contributed by atoms with van der Waals surface area (Å²) in [5, 5.41) is 2.71. The van der Waals surface area contributed by atoms with Crippen molar-refractivity contribution in [3.8, 4) is 5.69 Å². The van der Waals surface area contributed by atoms with E-state index in [-0.39, 0.29) is 17.7 Å². The predicted octanol–water partition coefficient (Wildman–Crippen LogP) is 9.76. The molecule has 7 aromatic rings. The van der Waals surface area contributed by atoms with Gasteiger partial charge in [0.15, 0.2) is 0 Å². The maximum Gasteiger partial charge on any atom is 0.252 e. The monoisotopic (exact) mass is 645 g/mol. The van der Waals surface area contributed by atoms with Gasteiger partial charge in [-0.1, -0.05) is 97.6 Å². The Morgan fingerprint density at radius 3 is 2.08 bits per heavy atom. The molecule has 4 heterocycles. The Morgan fingerprint density at radius 1 is 0.620 bits per heavy atom. The van der Waals surface area contributed by atoms with Crippen molar-refractivity contribution in [2.45, 2.75) is 64.3 Å². The van der Waals surface area contributed by atoms with Gasteiger partial charge >= 0.3 is 0 Å². The maximum absolute atomic E-state index is 2.84. The number of nitrogens with zero attached hydrogens (tertiary/aromatic N) is 3. The van der Waals surface area contributed by atoms with Crippen molar-refractivity contribution in [2.75, 3.05) is 9.80 Å². The van der Waals surface area contributed by atoms with Gasteiger partial charge in [0.1, 0.15) is 0 Å². The largest absolute Gasteiger partial charge is 0.335 e. The minimum absolute atomic E-state index is 0.0244. The van der Waals surface area contributed by atoms with E-state index < -0.39 is 0 Å². The highest BCUT2D eigenvalue weighted by molar-refractivity contribution is 7.00. The van der Waals surface area contributed by atoms with Crippen LogP contribution in [0.2, 0.25) is 0 Å². The summed E-state index contributed by atoms with van der Waals surface area (Å²) >= 11 is 0. The van der Waals surface area contributed by atoms with Gasteiger partial charge in [-0.05, 0) is 110 Å². The second kappa shape index (κ2) is 9.72. The molecule has 0 bridgehead atoms. The van der Waals surface area contributed by atoms with Crippen molar-refractivity contribution in [2.24, 2.45) is 0 Å². The number of benzene rings is 6. The molecule has 1 aliphatic carbocycles. The van der Waals surface area contributed by atoms with Gasteiger partial charge in [0.2, 0.25) is 0 Å². The van der Waals surface area contributed by atoms with E-state index in [1.54, 1.807) is 5.56 Å². The first-order valence-corrected chi connectivity index (χ1v) is 18.4. The second-order valence-electron chi connectivity index (χ2n) is 15.8. The lowest BCUT2D eigenvalue weighted by atomic mass is 9.33. The molecule has 0 spiro atoms. The van der Waals surface area contributed by atoms with Gasteiger partial charge in [0, 0.05) is 50.1 Å². The molecule has 50 heavy (non-hydrogen) atoms. The maximum atomic E-state index is 2.84. The molecule has 3 nitrogen and oxygen atoms in total. The zero-order valence-electron chi connectivity index (χ0n) is 29.3. The normalized spacial score (nSPS) is 21.0. The Kier molecular flexibility index (Phi) is 5.56. The van der Waals surface area contributed by atoms with Gasteiger partial charge in [-0.15, -0.1) is 0 Å². The first kappa shape index (κ1) is 28.6. The number of aryl methyl sites for hydroxylation is 2. The minimum atomic E-state index is -0.0244. The van der Waals surface area contributed by atoms with Crippen LogP contribution >= 0.6 is 0 Å². The average Bonchev–Trinajstić information content (AvgIpc) is 3.56. The van der Waals surface area contributed by atoms with Gasteiger partial charge in [-0.25, -0.2) is 0 Å². The molecule has 1 fully saturated rings. The van der Waals surface area contributed by atoms with Crippen molar-refractivity contribution < 1.29 is 0 Å². The number of anilines is 5. The quantitative estimate of drug-likeness (QED) is 0.177. The van der Waals surface area contributed by atoms with E-state index in [9.17, 15) is 0 Å². The van der Waals surface area contributed by atoms with E-state index in [0.717, 1.165) is 0 Å². The summed E-state index contributed by atoms with van der Waals surface area (Å²) < 4.78 is 2.62. The standard InChI is InChI=1S/C46H40BN3/c1-29-20-21-39-34(24-29)35-25-30(2)26-38-43(35)49(39)40-27-33(48(31-14-7-5-8-15-31)32-16-9-6-10-17-32)28-41-42(40)47(38)37-19-13-18-36-44(37)50(41)46(4)23-12-11-22-45(36,46)3/h5-10,13-21,24-28H,11-12,22-23H2,1-4H3. The molecule has 6 aromatic carbocycles. The molecule has 0 saturated heterocycles. The molecule has 2 atom stereocenters. The Hall–Kier alpha value is -5.22. The summed E-state index contributed by atoms with van der Waals surface area (Å²) in [5.74, 6) is 0. The summed E-state index contributed by atoms with van der Waals surface area (Å²) in [6, 6.07) is 46.1. The molecule has 0 radical (unpaired) electrons. The molecule has 242 valence electrons. The zero-order valence-corrected chi connectivity index (χ0v) is 29.3. The van der Waals surface area contributed by atoms with Crippen LogP contribution in [0.1, 0.15) is 56.2 Å². The summed E-state index contributed by atoms with van der Waals surface area (Å²) in [7, 11) is 0. The molecule has 1 saturated carbocycles. The Morgan fingerprint density at radius 2 is 1.32 bits per heavy atom. The van der Waals surface area contributed by atoms with Crippen LogP contribution in [-0.4, -0.2) is 16.8 Å². The molecule has 0 N–H and O–H groups in total. The fourth-order valence-electron chi connectivity index (χ4n) is 10.8. The Labute approximate surface area is 294 Å². The van der Waals surface area contributed by atoms with Crippen LogP contribution in [-0.2, 0) is 5.41 Å².